The van der Waals surface area contributed by atoms with Gasteiger partial charge in [-0.1, -0.05) is 61.7 Å². The fraction of sp³-hybridized carbons (Fsp3) is 0.294. The number of carbonyl (C=O) groups excluding carboxylic acids is 1. The van der Waals surface area contributed by atoms with E-state index in [0.717, 1.165) is 42.6 Å². The van der Waals surface area contributed by atoms with E-state index >= 15 is 0 Å². The Hall–Kier alpha value is -4.12. The van der Waals surface area contributed by atoms with Gasteiger partial charge in [0.2, 0.25) is 5.91 Å². The lowest BCUT2D eigenvalue weighted by Crippen LogP contribution is -2.36. The van der Waals surface area contributed by atoms with Crippen LogP contribution in [0.2, 0.25) is 0 Å². The van der Waals surface area contributed by atoms with E-state index in [-0.39, 0.29) is 11.8 Å². The third-order valence-electron chi connectivity index (χ3n) is 7.64. The molecule has 1 aliphatic rings. The molecular formula is C34H38N4O. The van der Waals surface area contributed by atoms with E-state index in [1.807, 2.05) is 35.5 Å². The predicted molar refractivity (Wildman–Crippen MR) is 162 cm³/mol. The third-order valence-corrected chi connectivity index (χ3v) is 7.64. The molecule has 0 radical (unpaired) electrons. The van der Waals surface area contributed by atoms with Crippen molar-refractivity contribution < 1.29 is 4.79 Å². The summed E-state index contributed by atoms with van der Waals surface area (Å²) in [5.74, 6) is 0.339. The summed E-state index contributed by atoms with van der Waals surface area (Å²) in [5, 5.41) is 3.51. The van der Waals surface area contributed by atoms with E-state index in [4.69, 9.17) is 0 Å². The van der Waals surface area contributed by atoms with Crippen molar-refractivity contribution in [3.05, 3.63) is 108 Å². The summed E-state index contributed by atoms with van der Waals surface area (Å²) in [4.78, 5) is 22.1. The highest BCUT2D eigenvalue weighted by molar-refractivity contribution is 5.95. The summed E-state index contributed by atoms with van der Waals surface area (Å²) in [6, 6.07) is 29.5. The minimum Gasteiger partial charge on any atom is -0.381 e. The number of aromatic nitrogens is 1. The highest BCUT2D eigenvalue weighted by Gasteiger charge is 2.27. The molecule has 200 valence electrons. The van der Waals surface area contributed by atoms with Gasteiger partial charge >= 0.3 is 0 Å². The van der Waals surface area contributed by atoms with Crippen molar-refractivity contribution in [1.82, 2.24) is 4.98 Å². The molecule has 0 aliphatic heterocycles. The molecule has 1 N–H and O–H groups in total. The number of nitrogens with one attached hydrogen (secondary N) is 1. The van der Waals surface area contributed by atoms with Gasteiger partial charge in [-0.3, -0.25) is 9.78 Å². The van der Waals surface area contributed by atoms with Gasteiger partial charge in [0.05, 0.1) is 6.54 Å². The van der Waals surface area contributed by atoms with E-state index in [1.165, 1.54) is 28.8 Å². The van der Waals surface area contributed by atoms with Gasteiger partial charge in [-0.25, -0.2) is 0 Å². The number of hydrogen-bond donors (Lipinski definition) is 1. The van der Waals surface area contributed by atoms with Crippen LogP contribution < -0.4 is 15.1 Å². The Kier molecular flexibility index (Phi) is 8.57. The number of benzene rings is 3. The number of anilines is 3. The van der Waals surface area contributed by atoms with Gasteiger partial charge in [-0.2, -0.15) is 0 Å². The van der Waals surface area contributed by atoms with Gasteiger partial charge in [0.15, 0.2) is 0 Å². The average Bonchev–Trinajstić information content (AvgIpc) is 3.00. The zero-order valence-corrected chi connectivity index (χ0v) is 23.0. The fourth-order valence-electron chi connectivity index (χ4n) is 5.29. The molecule has 1 heterocycles. The molecule has 5 rings (SSSR count). The van der Waals surface area contributed by atoms with Crippen LogP contribution in [0.4, 0.5) is 17.1 Å². The van der Waals surface area contributed by atoms with Gasteiger partial charge in [0.25, 0.3) is 0 Å². The van der Waals surface area contributed by atoms with E-state index in [1.54, 1.807) is 0 Å². The quantitative estimate of drug-likeness (QED) is 0.249. The van der Waals surface area contributed by atoms with Gasteiger partial charge < -0.3 is 15.1 Å². The Morgan fingerprint density at radius 1 is 0.795 bits per heavy atom. The van der Waals surface area contributed by atoms with Crippen LogP contribution >= 0.6 is 0 Å². The summed E-state index contributed by atoms with van der Waals surface area (Å²) in [5.41, 5.74) is 7.79. The Balaban J connectivity index is 1.36. The number of amides is 1. The van der Waals surface area contributed by atoms with Gasteiger partial charge in [-0.15, -0.1) is 0 Å². The fourth-order valence-corrected chi connectivity index (χ4v) is 5.29. The summed E-state index contributed by atoms with van der Waals surface area (Å²) < 4.78 is 0. The number of rotatable bonds is 9. The minimum absolute atomic E-state index is 0.0988. The smallest absolute Gasteiger partial charge is 0.230 e. The van der Waals surface area contributed by atoms with Crippen molar-refractivity contribution in [3.63, 3.8) is 0 Å². The molecule has 1 amide bonds. The standard InChI is InChI=1S/C34H38N4O/c1-37(2)32-17-15-29(16-18-32)28-13-11-27(12-14-28)25-38(34(39)30-7-4-3-5-8-30)33-10-6-9-31(23-33)36-24-26-19-21-35-22-20-26/h6,9-23,30,36H,3-5,7-8,24-25H2,1-2H3. The number of nitrogens with zero attached hydrogens (tertiary/aromatic N) is 3. The summed E-state index contributed by atoms with van der Waals surface area (Å²) in [6.45, 7) is 1.27. The Morgan fingerprint density at radius 2 is 1.46 bits per heavy atom. The molecule has 1 aliphatic carbocycles. The summed E-state index contributed by atoms with van der Waals surface area (Å²) >= 11 is 0. The third kappa shape index (κ3) is 6.85. The van der Waals surface area contributed by atoms with E-state index in [9.17, 15) is 4.79 Å². The first-order valence-corrected chi connectivity index (χ1v) is 14.0. The van der Waals surface area contributed by atoms with Crippen molar-refractivity contribution in [1.29, 1.82) is 0 Å². The van der Waals surface area contributed by atoms with Crippen LogP contribution in [0, 0.1) is 5.92 Å². The topological polar surface area (TPSA) is 48.5 Å². The molecule has 0 bridgehead atoms. The first kappa shape index (κ1) is 26.5. The van der Waals surface area contributed by atoms with Crippen molar-refractivity contribution in [2.45, 2.75) is 45.2 Å². The lowest BCUT2D eigenvalue weighted by atomic mass is 9.88. The zero-order chi connectivity index (χ0) is 27.0. The van der Waals surface area contributed by atoms with Crippen molar-refractivity contribution in [2.75, 3.05) is 29.2 Å². The molecule has 0 saturated heterocycles. The molecule has 3 aromatic carbocycles. The summed E-state index contributed by atoms with van der Waals surface area (Å²) in [7, 11) is 4.11. The molecule has 1 aromatic heterocycles. The lowest BCUT2D eigenvalue weighted by molar-refractivity contribution is -0.123. The monoisotopic (exact) mass is 518 g/mol. The molecule has 39 heavy (non-hydrogen) atoms. The molecule has 1 fully saturated rings. The van der Waals surface area contributed by atoms with Gasteiger partial charge in [-0.05, 0) is 77.6 Å². The number of pyridine rings is 1. The molecule has 5 heteroatoms. The van der Waals surface area contributed by atoms with Gasteiger partial charge in [0.1, 0.15) is 0 Å². The van der Waals surface area contributed by atoms with Gasteiger partial charge in [0, 0.05) is 56.0 Å². The SMILES string of the molecule is CN(C)c1ccc(-c2ccc(CN(C(=O)C3CCCCC3)c3cccc(NCc4ccncc4)c3)cc2)cc1. The highest BCUT2D eigenvalue weighted by atomic mass is 16.2. The number of carbonyl (C=O) groups is 1. The molecule has 0 spiro atoms. The molecule has 4 aromatic rings. The Morgan fingerprint density at radius 3 is 2.13 bits per heavy atom. The maximum atomic E-state index is 13.9. The van der Waals surface area contributed by atoms with Crippen LogP contribution in [-0.2, 0) is 17.9 Å². The second-order valence-electron chi connectivity index (χ2n) is 10.7. The van der Waals surface area contributed by atoms with Crippen molar-refractivity contribution in [2.24, 2.45) is 5.92 Å². The minimum atomic E-state index is 0.0988. The Bertz CT molecular complexity index is 1340. The molecule has 5 nitrogen and oxygen atoms in total. The average molecular weight is 519 g/mol. The highest BCUT2D eigenvalue weighted by Crippen LogP contribution is 2.30. The van der Waals surface area contributed by atoms with Crippen LogP contribution in [0.25, 0.3) is 11.1 Å². The second-order valence-corrected chi connectivity index (χ2v) is 10.7. The van der Waals surface area contributed by atoms with E-state index in [0.29, 0.717) is 13.1 Å². The largest absolute Gasteiger partial charge is 0.381 e. The lowest BCUT2D eigenvalue weighted by Gasteiger charge is -2.30. The van der Waals surface area contributed by atoms with E-state index < -0.39 is 0 Å². The van der Waals surface area contributed by atoms with Crippen LogP contribution in [0.5, 0.6) is 0 Å². The maximum Gasteiger partial charge on any atom is 0.230 e. The predicted octanol–water partition coefficient (Wildman–Crippen LogP) is 7.54. The van der Waals surface area contributed by atoms with Crippen LogP contribution in [0.1, 0.15) is 43.2 Å². The normalized spacial score (nSPS) is 13.6. The first-order chi connectivity index (χ1) is 19.1. The van der Waals surface area contributed by atoms with Crippen molar-refractivity contribution >= 4 is 23.0 Å². The van der Waals surface area contributed by atoms with Crippen LogP contribution in [-0.4, -0.2) is 25.0 Å². The maximum absolute atomic E-state index is 13.9. The molecule has 0 unspecified atom stereocenters. The number of hydrogen-bond acceptors (Lipinski definition) is 4. The van der Waals surface area contributed by atoms with Crippen LogP contribution in [0.15, 0.2) is 97.3 Å². The summed E-state index contributed by atoms with van der Waals surface area (Å²) in [6.07, 6.45) is 9.09. The van der Waals surface area contributed by atoms with Crippen molar-refractivity contribution in [3.8, 4) is 11.1 Å². The van der Waals surface area contributed by atoms with Crippen LogP contribution in [0.3, 0.4) is 0 Å². The molecular weight excluding hydrogens is 480 g/mol. The van der Waals surface area contributed by atoms with E-state index in [2.05, 4.69) is 96.0 Å². The second kappa shape index (κ2) is 12.6. The zero-order valence-electron chi connectivity index (χ0n) is 23.0. The molecule has 0 atom stereocenters. The first-order valence-electron chi connectivity index (χ1n) is 14.0. The Labute approximate surface area is 232 Å². The molecule has 1 saturated carbocycles.